The highest BCUT2D eigenvalue weighted by Crippen LogP contribution is 2.24. The van der Waals surface area contributed by atoms with Crippen LogP contribution in [0, 0.1) is 5.92 Å². The zero-order chi connectivity index (χ0) is 11.4. The highest BCUT2D eigenvalue weighted by Gasteiger charge is 2.19. The van der Waals surface area contributed by atoms with Crippen LogP contribution < -0.4 is 0 Å². The van der Waals surface area contributed by atoms with Gasteiger partial charge in [-0.05, 0) is 24.8 Å². The Labute approximate surface area is 96.4 Å². The predicted octanol–water partition coefficient (Wildman–Crippen LogP) is 2.93. The third-order valence-corrected chi connectivity index (χ3v) is 3.37. The van der Waals surface area contributed by atoms with Gasteiger partial charge in [-0.3, -0.25) is 4.79 Å². The van der Waals surface area contributed by atoms with Crippen molar-refractivity contribution in [3.05, 3.63) is 24.2 Å². The van der Waals surface area contributed by atoms with Crippen molar-refractivity contribution in [2.75, 3.05) is 13.6 Å². The summed E-state index contributed by atoms with van der Waals surface area (Å²) in [6.45, 7) is 0.879. The highest BCUT2D eigenvalue weighted by molar-refractivity contribution is 5.93. The Hall–Kier alpha value is -1.25. The molecule has 1 saturated carbocycles. The molecule has 0 bridgehead atoms. The third-order valence-electron chi connectivity index (χ3n) is 3.37. The van der Waals surface area contributed by atoms with Crippen LogP contribution in [0.1, 0.15) is 42.5 Å². The lowest BCUT2D eigenvalue weighted by Crippen LogP contribution is -2.32. The minimum atomic E-state index is 0.0688. The summed E-state index contributed by atoms with van der Waals surface area (Å²) < 4.78 is 4.93. The van der Waals surface area contributed by atoms with Gasteiger partial charge in [-0.15, -0.1) is 0 Å². The van der Waals surface area contributed by atoms with E-state index < -0.39 is 0 Å². The van der Waals surface area contributed by atoms with Crippen molar-refractivity contribution in [2.45, 2.75) is 32.1 Å². The number of carbonyl (C=O) groups is 1. The van der Waals surface area contributed by atoms with Gasteiger partial charge in [0.1, 0.15) is 6.26 Å². The lowest BCUT2D eigenvalue weighted by atomic mass is 9.89. The van der Waals surface area contributed by atoms with Gasteiger partial charge in [-0.2, -0.15) is 0 Å². The van der Waals surface area contributed by atoms with E-state index in [4.69, 9.17) is 4.42 Å². The molecule has 3 nitrogen and oxygen atoms in total. The van der Waals surface area contributed by atoms with Gasteiger partial charge in [-0.25, -0.2) is 0 Å². The fourth-order valence-corrected chi connectivity index (χ4v) is 2.45. The molecule has 0 spiro atoms. The smallest absolute Gasteiger partial charge is 0.256 e. The maximum absolute atomic E-state index is 11.9. The molecule has 3 heteroatoms. The second-order valence-corrected chi connectivity index (χ2v) is 4.70. The van der Waals surface area contributed by atoms with Gasteiger partial charge >= 0.3 is 0 Å². The van der Waals surface area contributed by atoms with Crippen molar-refractivity contribution in [1.82, 2.24) is 4.90 Å². The number of hydrogen-bond acceptors (Lipinski definition) is 2. The summed E-state index contributed by atoms with van der Waals surface area (Å²) in [5.74, 6) is 0.758. The summed E-state index contributed by atoms with van der Waals surface area (Å²) in [7, 11) is 1.88. The van der Waals surface area contributed by atoms with Crippen molar-refractivity contribution in [3.8, 4) is 0 Å². The average molecular weight is 221 g/mol. The van der Waals surface area contributed by atoms with Crippen LogP contribution in [-0.2, 0) is 0 Å². The standard InChI is InChI=1S/C13H19NO2/c1-14(9-11-5-3-2-4-6-11)13(15)12-7-8-16-10-12/h7-8,10-11H,2-6,9H2,1H3. The summed E-state index contributed by atoms with van der Waals surface area (Å²) in [6.07, 6.45) is 9.58. The molecule has 0 N–H and O–H groups in total. The molecule has 0 unspecified atom stereocenters. The summed E-state index contributed by atoms with van der Waals surface area (Å²) in [5, 5.41) is 0. The van der Waals surface area contributed by atoms with Gasteiger partial charge in [0.15, 0.2) is 0 Å². The topological polar surface area (TPSA) is 33.5 Å². The van der Waals surface area contributed by atoms with Crippen LogP contribution in [-0.4, -0.2) is 24.4 Å². The molecule has 2 rings (SSSR count). The van der Waals surface area contributed by atoms with Crippen LogP contribution in [0.2, 0.25) is 0 Å². The Morgan fingerprint density at radius 1 is 1.44 bits per heavy atom. The SMILES string of the molecule is CN(CC1CCCCC1)C(=O)c1ccoc1. The van der Waals surface area contributed by atoms with E-state index in [1.54, 1.807) is 12.3 Å². The van der Waals surface area contributed by atoms with Crippen LogP contribution in [0.4, 0.5) is 0 Å². The molecule has 1 aromatic rings. The zero-order valence-electron chi connectivity index (χ0n) is 9.82. The van der Waals surface area contributed by atoms with Crippen LogP contribution in [0.5, 0.6) is 0 Å². The monoisotopic (exact) mass is 221 g/mol. The second kappa shape index (κ2) is 5.19. The van der Waals surface area contributed by atoms with Gasteiger partial charge in [-0.1, -0.05) is 19.3 Å². The van der Waals surface area contributed by atoms with Crippen molar-refractivity contribution in [2.24, 2.45) is 5.92 Å². The molecule has 0 aromatic carbocycles. The van der Waals surface area contributed by atoms with Crippen LogP contribution in [0.3, 0.4) is 0 Å². The molecule has 0 saturated heterocycles. The Morgan fingerprint density at radius 2 is 2.19 bits per heavy atom. The minimum absolute atomic E-state index is 0.0688. The quantitative estimate of drug-likeness (QED) is 0.786. The van der Waals surface area contributed by atoms with E-state index in [1.165, 1.54) is 38.4 Å². The van der Waals surface area contributed by atoms with Crippen LogP contribution >= 0.6 is 0 Å². The summed E-state index contributed by atoms with van der Waals surface area (Å²) in [6, 6.07) is 1.72. The maximum atomic E-state index is 11.9. The fourth-order valence-electron chi connectivity index (χ4n) is 2.45. The van der Waals surface area contributed by atoms with E-state index in [0.717, 1.165) is 6.54 Å². The molecule has 0 radical (unpaired) electrons. The van der Waals surface area contributed by atoms with Crippen molar-refractivity contribution in [1.29, 1.82) is 0 Å². The van der Waals surface area contributed by atoms with Crippen molar-refractivity contribution in [3.63, 3.8) is 0 Å². The van der Waals surface area contributed by atoms with Crippen LogP contribution in [0.25, 0.3) is 0 Å². The lowest BCUT2D eigenvalue weighted by Gasteiger charge is -2.26. The van der Waals surface area contributed by atoms with Crippen molar-refractivity contribution < 1.29 is 9.21 Å². The first-order chi connectivity index (χ1) is 7.77. The highest BCUT2D eigenvalue weighted by atomic mass is 16.3. The molecular formula is C13H19NO2. The third kappa shape index (κ3) is 2.65. The van der Waals surface area contributed by atoms with E-state index in [-0.39, 0.29) is 5.91 Å². The summed E-state index contributed by atoms with van der Waals surface area (Å²) in [4.78, 5) is 13.8. The molecule has 1 aliphatic rings. The number of furan rings is 1. The van der Waals surface area contributed by atoms with Crippen molar-refractivity contribution >= 4 is 5.91 Å². The van der Waals surface area contributed by atoms with Crippen LogP contribution in [0.15, 0.2) is 23.0 Å². The zero-order valence-corrected chi connectivity index (χ0v) is 9.82. The van der Waals surface area contributed by atoms with E-state index >= 15 is 0 Å². The normalized spacial score (nSPS) is 17.3. The van der Waals surface area contributed by atoms with E-state index in [2.05, 4.69) is 0 Å². The first kappa shape index (κ1) is 11.2. The number of hydrogen-bond donors (Lipinski definition) is 0. The molecule has 88 valence electrons. The van der Waals surface area contributed by atoms with E-state index in [9.17, 15) is 4.79 Å². The molecule has 1 fully saturated rings. The Kier molecular flexibility index (Phi) is 3.65. The molecule has 1 aromatic heterocycles. The Balaban J connectivity index is 1.87. The molecule has 1 amide bonds. The maximum Gasteiger partial charge on any atom is 0.256 e. The summed E-state index contributed by atoms with van der Waals surface area (Å²) in [5.41, 5.74) is 0.651. The predicted molar refractivity (Wildman–Crippen MR) is 62.2 cm³/mol. The van der Waals surface area contributed by atoms with Gasteiger partial charge in [0, 0.05) is 13.6 Å². The molecule has 1 aliphatic carbocycles. The Morgan fingerprint density at radius 3 is 2.81 bits per heavy atom. The molecule has 0 atom stereocenters. The summed E-state index contributed by atoms with van der Waals surface area (Å²) >= 11 is 0. The first-order valence-electron chi connectivity index (χ1n) is 6.05. The Bertz CT molecular complexity index is 326. The van der Waals surface area contributed by atoms with Gasteiger partial charge in [0.25, 0.3) is 5.91 Å². The number of nitrogens with zero attached hydrogens (tertiary/aromatic N) is 1. The minimum Gasteiger partial charge on any atom is -0.472 e. The molecular weight excluding hydrogens is 202 g/mol. The first-order valence-corrected chi connectivity index (χ1v) is 6.05. The van der Waals surface area contributed by atoms with Gasteiger partial charge < -0.3 is 9.32 Å². The second-order valence-electron chi connectivity index (χ2n) is 4.70. The average Bonchev–Trinajstić information content (AvgIpc) is 2.83. The fraction of sp³-hybridized carbons (Fsp3) is 0.615. The van der Waals surface area contributed by atoms with Gasteiger partial charge in [0.2, 0.25) is 0 Å². The molecule has 0 aliphatic heterocycles. The number of rotatable bonds is 3. The molecule has 1 heterocycles. The van der Waals surface area contributed by atoms with E-state index in [1.807, 2.05) is 11.9 Å². The lowest BCUT2D eigenvalue weighted by molar-refractivity contribution is 0.0760. The van der Waals surface area contributed by atoms with E-state index in [0.29, 0.717) is 11.5 Å². The van der Waals surface area contributed by atoms with Gasteiger partial charge in [0.05, 0.1) is 11.8 Å². The number of carbonyl (C=O) groups excluding carboxylic acids is 1. The molecule has 16 heavy (non-hydrogen) atoms. The largest absolute Gasteiger partial charge is 0.472 e. The number of amides is 1.